The predicted octanol–water partition coefficient (Wildman–Crippen LogP) is 21.1. The molecule has 0 fully saturated rings. The van der Waals surface area contributed by atoms with Gasteiger partial charge in [-0.05, 0) is 246 Å². The molecule has 2 heteroatoms. The Morgan fingerprint density at radius 2 is 0.500 bits per heavy atom. The lowest BCUT2D eigenvalue weighted by molar-refractivity contribution is 1.03. The smallest absolute Gasteiger partial charge is 0.0468 e. The molecule has 378 valence electrons. The first kappa shape index (κ1) is 50.2. The van der Waals surface area contributed by atoms with Crippen LogP contribution in [0.1, 0.15) is 99.9 Å². The molecule has 11 aromatic rings. The van der Waals surface area contributed by atoms with Gasteiger partial charge in [-0.3, -0.25) is 0 Å². The molecule has 0 amide bonds. The Balaban J connectivity index is 1.26. The minimum absolute atomic E-state index is 0.984. The van der Waals surface area contributed by atoms with E-state index in [1.54, 1.807) is 0 Å². The molecule has 0 bridgehead atoms. The second kappa shape index (κ2) is 21.7. The van der Waals surface area contributed by atoms with Gasteiger partial charge in [0.15, 0.2) is 0 Å². The summed E-state index contributed by atoms with van der Waals surface area (Å²) >= 11 is 0. The highest BCUT2D eigenvalue weighted by Gasteiger charge is 2.24. The highest BCUT2D eigenvalue weighted by Crippen LogP contribution is 2.49. The van der Waals surface area contributed by atoms with Gasteiger partial charge in [0, 0.05) is 34.1 Å². The quantitative estimate of drug-likeness (QED) is 0.0890. The van der Waals surface area contributed by atoms with E-state index in [1.165, 1.54) is 133 Å². The van der Waals surface area contributed by atoms with Crippen LogP contribution in [0, 0.1) is 0 Å². The van der Waals surface area contributed by atoms with Crippen molar-refractivity contribution in [2.75, 3.05) is 9.80 Å². The molecule has 0 atom stereocenters. The van der Waals surface area contributed by atoms with Gasteiger partial charge in [0.25, 0.3) is 0 Å². The predicted molar refractivity (Wildman–Crippen MR) is 332 cm³/mol. The van der Waals surface area contributed by atoms with E-state index in [0.29, 0.717) is 0 Å². The second-order valence-electron chi connectivity index (χ2n) is 20.6. The first-order chi connectivity index (χ1) is 37.3. The molecule has 0 aliphatic carbocycles. The van der Waals surface area contributed by atoms with E-state index in [9.17, 15) is 0 Å². The van der Waals surface area contributed by atoms with Crippen molar-refractivity contribution in [3.05, 3.63) is 239 Å². The van der Waals surface area contributed by atoms with Crippen molar-refractivity contribution in [2.24, 2.45) is 0 Å². The third-order valence-corrected chi connectivity index (χ3v) is 16.5. The van der Waals surface area contributed by atoms with E-state index in [2.05, 4.69) is 259 Å². The van der Waals surface area contributed by atoms with Gasteiger partial charge in [-0.15, -0.1) is 0 Å². The van der Waals surface area contributed by atoms with Crippen LogP contribution in [0.5, 0.6) is 0 Å². The van der Waals surface area contributed by atoms with Gasteiger partial charge >= 0.3 is 0 Å². The van der Waals surface area contributed by atoms with Crippen LogP contribution in [0.4, 0.5) is 34.1 Å². The number of rotatable bonds is 16. The maximum absolute atomic E-state index is 2.52. The van der Waals surface area contributed by atoms with Gasteiger partial charge in [-0.25, -0.2) is 0 Å². The molecule has 0 saturated carbocycles. The molecule has 0 N–H and O–H groups in total. The van der Waals surface area contributed by atoms with Crippen LogP contribution >= 0.6 is 0 Å². The van der Waals surface area contributed by atoms with E-state index in [-0.39, 0.29) is 0 Å². The normalized spacial score (nSPS) is 11.6. The third-order valence-electron chi connectivity index (χ3n) is 16.5. The topological polar surface area (TPSA) is 6.48 Å². The van der Waals surface area contributed by atoms with E-state index >= 15 is 0 Å². The number of fused-ring (bicyclic) bond motifs is 4. The summed E-state index contributed by atoms with van der Waals surface area (Å²) in [7, 11) is 0. The molecule has 0 unspecified atom stereocenters. The fraction of sp³-hybridized carbons (Fsp3) is 0.216. The second-order valence-corrected chi connectivity index (χ2v) is 20.6. The van der Waals surface area contributed by atoms with Crippen LogP contribution in [-0.2, 0) is 51.4 Å². The van der Waals surface area contributed by atoms with Gasteiger partial charge in [0.1, 0.15) is 0 Å². The fourth-order valence-corrected chi connectivity index (χ4v) is 12.4. The summed E-state index contributed by atoms with van der Waals surface area (Å²) in [6.07, 6.45) is 7.99. The first-order valence-corrected chi connectivity index (χ1v) is 28.4. The summed E-state index contributed by atoms with van der Waals surface area (Å²) < 4.78 is 0. The highest BCUT2D eigenvalue weighted by molar-refractivity contribution is 6.23. The minimum atomic E-state index is 0.984. The molecule has 2 nitrogen and oxygen atoms in total. The Labute approximate surface area is 452 Å². The molecule has 76 heavy (non-hydrogen) atoms. The van der Waals surface area contributed by atoms with Gasteiger partial charge < -0.3 is 9.80 Å². The van der Waals surface area contributed by atoms with Crippen LogP contribution in [0.3, 0.4) is 0 Å². The van der Waals surface area contributed by atoms with Crippen molar-refractivity contribution in [1.29, 1.82) is 0 Å². The fourth-order valence-electron chi connectivity index (χ4n) is 12.4. The maximum atomic E-state index is 2.52. The van der Waals surface area contributed by atoms with Gasteiger partial charge in [-0.1, -0.05) is 165 Å². The summed E-state index contributed by atoms with van der Waals surface area (Å²) in [6.45, 7) is 18.3. The van der Waals surface area contributed by atoms with Crippen LogP contribution in [0.2, 0.25) is 0 Å². The van der Waals surface area contributed by atoms with Crippen molar-refractivity contribution in [3.63, 3.8) is 0 Å². The monoisotopic (exact) mass is 989 g/mol. The highest BCUT2D eigenvalue weighted by atomic mass is 15.1. The van der Waals surface area contributed by atoms with E-state index < -0.39 is 0 Å². The Morgan fingerprint density at radius 3 is 0.803 bits per heavy atom. The molecule has 0 radical (unpaired) electrons. The average molecular weight is 989 g/mol. The molecular formula is C74H72N2. The molecular weight excluding hydrogens is 917 g/mol. The lowest BCUT2D eigenvalue weighted by Crippen LogP contribution is -2.12. The summed E-state index contributed by atoms with van der Waals surface area (Å²) in [4.78, 5) is 5.04. The number of nitrogens with zero attached hydrogens (tertiary/aromatic N) is 2. The average Bonchev–Trinajstić information content (AvgIpc) is 3.50. The van der Waals surface area contributed by atoms with Crippen LogP contribution < -0.4 is 9.80 Å². The minimum Gasteiger partial charge on any atom is -0.310 e. The summed E-state index contributed by atoms with van der Waals surface area (Å²) in [5.41, 5.74) is 23.2. The van der Waals surface area contributed by atoms with Gasteiger partial charge in [0.05, 0.1) is 0 Å². The number of benzene rings is 11. The van der Waals surface area contributed by atoms with Crippen LogP contribution in [0.15, 0.2) is 194 Å². The van der Waals surface area contributed by atoms with Crippen molar-refractivity contribution in [1.82, 2.24) is 0 Å². The Bertz CT molecular complexity index is 3580. The largest absolute Gasteiger partial charge is 0.310 e. The Hall–Kier alpha value is -7.94. The van der Waals surface area contributed by atoms with Crippen molar-refractivity contribution in [3.8, 4) is 22.3 Å². The van der Waals surface area contributed by atoms with Crippen molar-refractivity contribution >= 4 is 77.2 Å². The number of hydrogen-bond acceptors (Lipinski definition) is 2. The lowest BCUT2D eigenvalue weighted by atomic mass is 9.84. The zero-order chi connectivity index (χ0) is 52.5. The molecule has 0 aromatic heterocycles. The summed E-state index contributed by atoms with van der Waals surface area (Å²) in [6, 6.07) is 75.0. The number of anilines is 6. The lowest BCUT2D eigenvalue weighted by Gasteiger charge is -2.29. The third kappa shape index (κ3) is 9.23. The van der Waals surface area contributed by atoms with Crippen molar-refractivity contribution in [2.45, 2.75) is 107 Å². The summed E-state index contributed by atoms with van der Waals surface area (Å²) in [5.74, 6) is 0. The van der Waals surface area contributed by atoms with E-state index in [4.69, 9.17) is 0 Å². The van der Waals surface area contributed by atoms with E-state index in [1.807, 2.05) is 0 Å². The Morgan fingerprint density at radius 1 is 0.224 bits per heavy atom. The summed E-state index contributed by atoms with van der Waals surface area (Å²) in [5, 5.41) is 9.85. The van der Waals surface area contributed by atoms with Gasteiger partial charge in [0.2, 0.25) is 0 Å². The standard InChI is InChI=1S/C74H72N2/c1-9-49-29-33-63(43-53(49)13-5)75(64-34-30-50(10-2)54(14-6)44-64)67-37-39-69-71(47-67)73(61-27-25-57-21-17-19-23-59(57)41-61)70-40-38-68(48-72(70)74(69)62-28-26-58-22-18-20-24-60(58)42-62)76(65-35-31-51(11-3)55(15-7)45-65)66-36-32-52(12-4)56(16-8)46-66/h17-48H,9-16H2,1-8H3. The van der Waals surface area contributed by atoms with Crippen LogP contribution in [0.25, 0.3) is 65.3 Å². The zero-order valence-electron chi connectivity index (χ0n) is 46.0. The Kier molecular flexibility index (Phi) is 14.4. The van der Waals surface area contributed by atoms with Gasteiger partial charge in [-0.2, -0.15) is 0 Å². The molecule has 0 aliphatic heterocycles. The zero-order valence-corrected chi connectivity index (χ0v) is 46.0. The number of aryl methyl sites for hydroxylation is 8. The maximum Gasteiger partial charge on any atom is 0.0468 e. The molecule has 11 aromatic carbocycles. The molecule has 0 spiro atoms. The molecule has 0 saturated heterocycles. The van der Waals surface area contributed by atoms with Crippen LogP contribution in [-0.4, -0.2) is 0 Å². The number of hydrogen-bond donors (Lipinski definition) is 0. The first-order valence-electron chi connectivity index (χ1n) is 28.4. The molecule has 11 rings (SSSR count). The molecule has 0 aliphatic rings. The van der Waals surface area contributed by atoms with E-state index in [0.717, 1.165) is 62.7 Å². The molecule has 0 heterocycles. The van der Waals surface area contributed by atoms with Crippen molar-refractivity contribution < 1.29 is 0 Å². The SMILES string of the molecule is CCc1ccc(N(c2ccc(CC)c(CC)c2)c2ccc3c(-c4ccc5ccccc5c4)c4cc(N(c5ccc(CC)c(CC)c5)c5ccc(CC)c(CC)c5)ccc4c(-c4ccc5ccccc5c4)c3c2)cc1CC.